The number of urea groups is 1. The molecule has 1 saturated heterocycles. The quantitative estimate of drug-likeness (QED) is 0.631. The summed E-state index contributed by atoms with van der Waals surface area (Å²) < 4.78 is 48.0. The summed E-state index contributed by atoms with van der Waals surface area (Å²) in [6.45, 7) is 1.97. The normalized spacial score (nSPS) is 14.4. The monoisotopic (exact) mass is 433 g/mol. The van der Waals surface area contributed by atoms with Gasteiger partial charge in [-0.05, 0) is 53.4 Å². The van der Waals surface area contributed by atoms with Gasteiger partial charge in [0.1, 0.15) is 11.5 Å². The number of carbonyl (C=O) groups is 1. The van der Waals surface area contributed by atoms with Gasteiger partial charge in [0.2, 0.25) is 0 Å². The van der Waals surface area contributed by atoms with Crippen molar-refractivity contribution in [3.8, 4) is 11.5 Å². The lowest BCUT2D eigenvalue weighted by molar-refractivity contribution is -0.274. The topological polar surface area (TPSA) is 55.7 Å². The Kier molecular flexibility index (Phi) is 5.67. The molecule has 0 bridgehead atoms. The lowest BCUT2D eigenvalue weighted by Crippen LogP contribution is -2.55. The highest BCUT2D eigenvalue weighted by Crippen LogP contribution is 2.25. The summed E-state index contributed by atoms with van der Waals surface area (Å²) in [4.78, 5) is 14.0. The molecule has 2 aromatic carbocycles. The number of alkyl halides is 3. The SMILES string of the molecule is Cn1ccc2cc(CNC(=O)N3CC(COc4ccc(OC(F)(F)F)cc4)C3)ccc21. The molecule has 1 N–H and O–H groups in total. The number of aryl methyl sites for hydroxylation is 1. The van der Waals surface area contributed by atoms with Crippen LogP contribution in [0.4, 0.5) is 18.0 Å². The zero-order valence-electron chi connectivity index (χ0n) is 16.9. The number of hydrogen-bond donors (Lipinski definition) is 1. The second kappa shape index (κ2) is 8.41. The highest BCUT2D eigenvalue weighted by atomic mass is 19.4. The zero-order chi connectivity index (χ0) is 22.0. The summed E-state index contributed by atoms with van der Waals surface area (Å²) in [5.74, 6) is 0.337. The van der Waals surface area contributed by atoms with Gasteiger partial charge in [0.05, 0.1) is 6.61 Å². The van der Waals surface area contributed by atoms with E-state index in [0.29, 0.717) is 32.0 Å². The highest BCUT2D eigenvalue weighted by molar-refractivity contribution is 5.81. The molecule has 0 radical (unpaired) electrons. The van der Waals surface area contributed by atoms with Crippen LogP contribution in [0.1, 0.15) is 5.56 Å². The molecule has 1 fully saturated rings. The number of likely N-dealkylation sites (tertiary alicyclic amines) is 1. The van der Waals surface area contributed by atoms with E-state index in [4.69, 9.17) is 4.74 Å². The van der Waals surface area contributed by atoms with Crippen molar-refractivity contribution in [1.82, 2.24) is 14.8 Å². The number of aromatic nitrogens is 1. The first-order chi connectivity index (χ1) is 14.8. The van der Waals surface area contributed by atoms with E-state index in [1.54, 1.807) is 4.90 Å². The van der Waals surface area contributed by atoms with E-state index < -0.39 is 6.36 Å². The molecule has 1 aliphatic heterocycles. The summed E-state index contributed by atoms with van der Waals surface area (Å²) in [6.07, 6.45) is -2.72. The Hall–Kier alpha value is -3.36. The van der Waals surface area contributed by atoms with Crippen molar-refractivity contribution < 1.29 is 27.4 Å². The molecule has 4 rings (SSSR count). The van der Waals surface area contributed by atoms with Gasteiger partial charge < -0.3 is 24.3 Å². The van der Waals surface area contributed by atoms with E-state index >= 15 is 0 Å². The number of halogens is 3. The summed E-state index contributed by atoms with van der Waals surface area (Å²) in [6, 6.07) is 13.3. The second-order valence-electron chi connectivity index (χ2n) is 7.58. The average molecular weight is 433 g/mol. The molecule has 0 saturated carbocycles. The molecule has 1 aromatic heterocycles. The maximum Gasteiger partial charge on any atom is 0.573 e. The minimum Gasteiger partial charge on any atom is -0.493 e. The number of carbonyl (C=O) groups excluding carboxylic acids is 1. The van der Waals surface area contributed by atoms with Crippen LogP contribution in [0.25, 0.3) is 10.9 Å². The fourth-order valence-corrected chi connectivity index (χ4v) is 3.52. The molecule has 164 valence electrons. The Morgan fingerprint density at radius 2 is 1.81 bits per heavy atom. The molecule has 1 aliphatic rings. The predicted octanol–water partition coefficient (Wildman–Crippen LogP) is 4.30. The molecule has 2 heterocycles. The molecule has 0 aliphatic carbocycles. The van der Waals surface area contributed by atoms with Crippen molar-refractivity contribution in [1.29, 1.82) is 0 Å². The van der Waals surface area contributed by atoms with E-state index in [9.17, 15) is 18.0 Å². The predicted molar refractivity (Wildman–Crippen MR) is 109 cm³/mol. The largest absolute Gasteiger partial charge is 0.573 e. The Morgan fingerprint density at radius 1 is 1.10 bits per heavy atom. The van der Waals surface area contributed by atoms with Crippen LogP contribution in [0, 0.1) is 5.92 Å². The van der Waals surface area contributed by atoms with Crippen LogP contribution in [-0.4, -0.2) is 41.6 Å². The van der Waals surface area contributed by atoms with Crippen LogP contribution >= 0.6 is 0 Å². The van der Waals surface area contributed by atoms with Crippen LogP contribution in [-0.2, 0) is 13.6 Å². The maximum absolute atomic E-state index is 12.3. The van der Waals surface area contributed by atoms with Gasteiger partial charge in [-0.15, -0.1) is 13.2 Å². The van der Waals surface area contributed by atoms with Gasteiger partial charge in [0.25, 0.3) is 0 Å². The molecule has 31 heavy (non-hydrogen) atoms. The third kappa shape index (κ3) is 5.22. The van der Waals surface area contributed by atoms with Gasteiger partial charge in [-0.2, -0.15) is 0 Å². The minimum atomic E-state index is -4.72. The van der Waals surface area contributed by atoms with E-state index in [2.05, 4.69) is 16.1 Å². The van der Waals surface area contributed by atoms with Crippen molar-refractivity contribution in [2.24, 2.45) is 13.0 Å². The van der Waals surface area contributed by atoms with Crippen LogP contribution in [0.3, 0.4) is 0 Å². The number of nitrogens with zero attached hydrogens (tertiary/aromatic N) is 2. The average Bonchev–Trinajstić information content (AvgIpc) is 3.05. The van der Waals surface area contributed by atoms with Crippen molar-refractivity contribution >= 4 is 16.9 Å². The number of rotatable bonds is 6. The third-order valence-electron chi connectivity index (χ3n) is 5.18. The first-order valence-corrected chi connectivity index (χ1v) is 9.82. The molecular formula is C22H22F3N3O3. The Bertz CT molecular complexity index is 1060. The fraction of sp³-hybridized carbons (Fsp3) is 0.318. The molecule has 6 nitrogen and oxygen atoms in total. The number of benzene rings is 2. The van der Waals surface area contributed by atoms with Crippen LogP contribution in [0.2, 0.25) is 0 Å². The molecule has 0 atom stereocenters. The number of nitrogens with one attached hydrogen (secondary N) is 1. The van der Waals surface area contributed by atoms with Crippen LogP contribution in [0.15, 0.2) is 54.7 Å². The Labute approximate surface area is 177 Å². The van der Waals surface area contributed by atoms with Gasteiger partial charge in [0.15, 0.2) is 0 Å². The van der Waals surface area contributed by atoms with Crippen molar-refractivity contribution in [2.75, 3.05) is 19.7 Å². The van der Waals surface area contributed by atoms with Crippen molar-refractivity contribution in [3.05, 3.63) is 60.3 Å². The smallest absolute Gasteiger partial charge is 0.493 e. The second-order valence-corrected chi connectivity index (χ2v) is 7.58. The highest BCUT2D eigenvalue weighted by Gasteiger charge is 2.32. The first-order valence-electron chi connectivity index (χ1n) is 9.82. The van der Waals surface area contributed by atoms with E-state index in [1.807, 2.05) is 36.0 Å². The van der Waals surface area contributed by atoms with Crippen LogP contribution in [0.5, 0.6) is 11.5 Å². The summed E-state index contributed by atoms with van der Waals surface area (Å²) in [5, 5.41) is 4.06. The minimum absolute atomic E-state index is 0.127. The van der Waals surface area contributed by atoms with Gasteiger partial charge >= 0.3 is 12.4 Å². The summed E-state index contributed by atoms with van der Waals surface area (Å²) in [5.41, 5.74) is 2.17. The molecule has 3 aromatic rings. The molecule has 0 unspecified atom stereocenters. The van der Waals surface area contributed by atoms with E-state index in [1.165, 1.54) is 24.3 Å². The standard InChI is InChI=1S/C22H22F3N3O3/c1-27-9-8-17-10-15(2-7-20(17)27)11-26-21(29)28-12-16(13-28)14-30-18-3-5-19(6-4-18)31-22(23,24)25/h2-10,16H,11-14H2,1H3,(H,26,29). The van der Waals surface area contributed by atoms with Crippen LogP contribution < -0.4 is 14.8 Å². The maximum atomic E-state index is 12.3. The van der Waals surface area contributed by atoms with Gasteiger partial charge in [-0.3, -0.25) is 0 Å². The Balaban J connectivity index is 1.18. The number of hydrogen-bond acceptors (Lipinski definition) is 3. The van der Waals surface area contributed by atoms with Gasteiger partial charge in [-0.1, -0.05) is 6.07 Å². The summed E-state index contributed by atoms with van der Waals surface area (Å²) in [7, 11) is 1.99. The van der Waals surface area contributed by atoms with Crippen molar-refractivity contribution in [3.63, 3.8) is 0 Å². The summed E-state index contributed by atoms with van der Waals surface area (Å²) >= 11 is 0. The third-order valence-corrected chi connectivity index (χ3v) is 5.18. The van der Waals surface area contributed by atoms with Gasteiger partial charge in [0, 0.05) is 44.3 Å². The number of ether oxygens (including phenoxy) is 2. The first kappa shape index (κ1) is 20.9. The molecule has 9 heteroatoms. The fourth-order valence-electron chi connectivity index (χ4n) is 3.52. The van der Waals surface area contributed by atoms with Gasteiger partial charge in [-0.25, -0.2) is 4.79 Å². The lowest BCUT2D eigenvalue weighted by atomic mass is 10.0. The molecular weight excluding hydrogens is 411 g/mol. The number of fused-ring (bicyclic) bond motifs is 1. The zero-order valence-corrected chi connectivity index (χ0v) is 16.9. The number of amides is 2. The van der Waals surface area contributed by atoms with E-state index in [-0.39, 0.29) is 17.7 Å². The lowest BCUT2D eigenvalue weighted by Gasteiger charge is -2.38. The molecule has 0 spiro atoms. The Morgan fingerprint density at radius 3 is 2.52 bits per heavy atom. The molecule has 2 amide bonds. The van der Waals surface area contributed by atoms with E-state index in [0.717, 1.165) is 16.5 Å². The van der Waals surface area contributed by atoms with Crippen molar-refractivity contribution in [2.45, 2.75) is 12.9 Å².